The Labute approximate surface area is 168 Å². The van der Waals surface area contributed by atoms with Crippen LogP contribution in [0, 0.1) is 6.92 Å². The second kappa shape index (κ2) is 7.23. The highest BCUT2D eigenvalue weighted by Gasteiger charge is 2.15. The molecular formula is C23H20ClN3O. The predicted molar refractivity (Wildman–Crippen MR) is 115 cm³/mol. The predicted octanol–water partition coefficient (Wildman–Crippen LogP) is 4.61. The van der Waals surface area contributed by atoms with Crippen LogP contribution < -0.4 is 11.3 Å². The molecule has 4 aromatic rings. The lowest BCUT2D eigenvalue weighted by molar-refractivity contribution is 0.831. The first-order valence-corrected chi connectivity index (χ1v) is 9.40. The van der Waals surface area contributed by atoms with E-state index in [1.54, 1.807) is 17.7 Å². The zero-order valence-electron chi connectivity index (χ0n) is 15.7. The van der Waals surface area contributed by atoms with Crippen molar-refractivity contribution in [3.63, 3.8) is 0 Å². The number of nitrogens with zero attached hydrogens (tertiary/aromatic N) is 2. The molecular weight excluding hydrogens is 370 g/mol. The van der Waals surface area contributed by atoms with Gasteiger partial charge < -0.3 is 10.3 Å². The smallest absolute Gasteiger partial charge is 0.251 e. The van der Waals surface area contributed by atoms with Gasteiger partial charge in [0.15, 0.2) is 0 Å². The molecule has 28 heavy (non-hydrogen) atoms. The molecule has 0 spiro atoms. The third-order valence-electron chi connectivity index (χ3n) is 4.99. The second-order valence-electron chi connectivity index (χ2n) is 6.96. The topological polar surface area (TPSA) is 60.9 Å². The fraction of sp³-hybridized carbons (Fsp3) is 0.130. The van der Waals surface area contributed by atoms with Crippen molar-refractivity contribution in [2.75, 3.05) is 0 Å². The Hall–Kier alpha value is -2.95. The van der Waals surface area contributed by atoms with Crippen LogP contribution in [0.2, 0.25) is 5.02 Å². The minimum absolute atomic E-state index is 0.0689. The standard InChI is InChI=1S/C23H20ClN3O/c1-14-4-3-5-16(12-14)18-13-21(28)27(2)20-11-10-19(26-23(18)20)22(25)15-6-8-17(24)9-7-15/h3-13,22H,25H2,1-2H3. The van der Waals surface area contributed by atoms with Crippen LogP contribution in [-0.2, 0) is 7.05 Å². The number of aromatic nitrogens is 2. The van der Waals surface area contributed by atoms with Crippen molar-refractivity contribution >= 4 is 22.6 Å². The Kier molecular flexibility index (Phi) is 4.75. The van der Waals surface area contributed by atoms with Gasteiger partial charge in [0.2, 0.25) is 0 Å². The number of halogens is 1. The molecule has 1 unspecified atom stereocenters. The van der Waals surface area contributed by atoms with Gasteiger partial charge in [-0.3, -0.25) is 4.79 Å². The molecule has 0 amide bonds. The first-order chi connectivity index (χ1) is 13.4. The van der Waals surface area contributed by atoms with E-state index >= 15 is 0 Å². The quantitative estimate of drug-likeness (QED) is 0.556. The molecule has 0 bridgehead atoms. The average molecular weight is 390 g/mol. The van der Waals surface area contributed by atoms with Gasteiger partial charge in [-0.15, -0.1) is 0 Å². The van der Waals surface area contributed by atoms with Gasteiger partial charge in [0.1, 0.15) is 0 Å². The Morgan fingerprint density at radius 2 is 1.79 bits per heavy atom. The molecule has 0 fully saturated rings. The summed E-state index contributed by atoms with van der Waals surface area (Å²) in [6.45, 7) is 2.03. The molecule has 2 aromatic heterocycles. The molecule has 0 radical (unpaired) electrons. The molecule has 4 rings (SSSR count). The van der Waals surface area contributed by atoms with Gasteiger partial charge in [-0.05, 0) is 42.3 Å². The van der Waals surface area contributed by atoms with E-state index in [-0.39, 0.29) is 11.6 Å². The number of rotatable bonds is 3. The van der Waals surface area contributed by atoms with Crippen LogP contribution in [0.3, 0.4) is 0 Å². The van der Waals surface area contributed by atoms with Crippen molar-refractivity contribution in [2.45, 2.75) is 13.0 Å². The van der Waals surface area contributed by atoms with Crippen LogP contribution in [0.1, 0.15) is 22.9 Å². The number of pyridine rings is 2. The largest absolute Gasteiger partial charge is 0.319 e. The monoisotopic (exact) mass is 389 g/mol. The van der Waals surface area contributed by atoms with Crippen molar-refractivity contribution in [1.82, 2.24) is 9.55 Å². The maximum Gasteiger partial charge on any atom is 0.251 e. The number of benzene rings is 2. The third-order valence-corrected chi connectivity index (χ3v) is 5.24. The van der Waals surface area contributed by atoms with E-state index in [0.29, 0.717) is 5.02 Å². The number of fused-ring (bicyclic) bond motifs is 1. The first-order valence-electron chi connectivity index (χ1n) is 9.03. The van der Waals surface area contributed by atoms with Crippen LogP contribution in [0.4, 0.5) is 0 Å². The van der Waals surface area contributed by atoms with Crippen LogP contribution in [0.25, 0.3) is 22.2 Å². The summed E-state index contributed by atoms with van der Waals surface area (Å²) in [6.07, 6.45) is 0. The molecule has 0 saturated carbocycles. The minimum atomic E-state index is -0.385. The van der Waals surface area contributed by atoms with E-state index < -0.39 is 0 Å². The fourth-order valence-corrected chi connectivity index (χ4v) is 3.52. The zero-order valence-corrected chi connectivity index (χ0v) is 16.4. The molecule has 0 aliphatic rings. The van der Waals surface area contributed by atoms with Crippen LogP contribution in [0.5, 0.6) is 0 Å². The summed E-state index contributed by atoms with van der Waals surface area (Å²) in [7, 11) is 1.76. The third kappa shape index (κ3) is 3.33. The van der Waals surface area contributed by atoms with Crippen LogP contribution in [-0.4, -0.2) is 9.55 Å². The van der Waals surface area contributed by atoms with Crippen molar-refractivity contribution in [1.29, 1.82) is 0 Å². The number of hydrogen-bond donors (Lipinski definition) is 1. The fourth-order valence-electron chi connectivity index (χ4n) is 3.39. The summed E-state index contributed by atoms with van der Waals surface area (Å²) in [5.74, 6) is 0. The van der Waals surface area contributed by atoms with E-state index in [1.807, 2.05) is 61.5 Å². The Morgan fingerprint density at radius 1 is 1.04 bits per heavy atom. The first kappa shape index (κ1) is 18.4. The summed E-state index contributed by atoms with van der Waals surface area (Å²) in [5.41, 5.74) is 12.5. The van der Waals surface area contributed by atoms with Crippen molar-refractivity contribution in [3.05, 3.63) is 98.9 Å². The van der Waals surface area contributed by atoms with E-state index in [1.165, 1.54) is 0 Å². The summed E-state index contributed by atoms with van der Waals surface area (Å²) in [4.78, 5) is 17.3. The lowest BCUT2D eigenvalue weighted by Crippen LogP contribution is -2.18. The Balaban J connectivity index is 1.92. The highest BCUT2D eigenvalue weighted by molar-refractivity contribution is 6.30. The molecule has 0 aliphatic carbocycles. The van der Waals surface area contributed by atoms with E-state index in [2.05, 4.69) is 6.07 Å². The molecule has 0 saturated heterocycles. The van der Waals surface area contributed by atoms with Gasteiger partial charge in [-0.1, -0.05) is 53.6 Å². The summed E-state index contributed by atoms with van der Waals surface area (Å²) < 4.78 is 1.61. The van der Waals surface area contributed by atoms with Gasteiger partial charge in [0, 0.05) is 23.7 Å². The summed E-state index contributed by atoms with van der Waals surface area (Å²) >= 11 is 5.99. The lowest BCUT2D eigenvalue weighted by atomic mass is 10.0. The molecule has 4 nitrogen and oxygen atoms in total. The van der Waals surface area contributed by atoms with Gasteiger partial charge >= 0.3 is 0 Å². The molecule has 2 heterocycles. The van der Waals surface area contributed by atoms with Gasteiger partial charge in [0.05, 0.1) is 22.8 Å². The van der Waals surface area contributed by atoms with Crippen LogP contribution in [0.15, 0.2) is 71.5 Å². The van der Waals surface area contributed by atoms with Crippen molar-refractivity contribution in [3.8, 4) is 11.1 Å². The molecule has 1 atom stereocenters. The minimum Gasteiger partial charge on any atom is -0.319 e. The lowest BCUT2D eigenvalue weighted by Gasteiger charge is -2.15. The maximum absolute atomic E-state index is 12.5. The van der Waals surface area contributed by atoms with Crippen LogP contribution >= 0.6 is 11.6 Å². The second-order valence-corrected chi connectivity index (χ2v) is 7.39. The molecule has 2 aromatic carbocycles. The SMILES string of the molecule is Cc1cccc(-c2cc(=O)n(C)c3ccc(C(N)c4ccc(Cl)cc4)nc23)c1. The highest BCUT2D eigenvalue weighted by atomic mass is 35.5. The van der Waals surface area contributed by atoms with Gasteiger partial charge in [-0.25, -0.2) is 4.98 Å². The molecule has 0 aliphatic heterocycles. The van der Waals surface area contributed by atoms with Gasteiger partial charge in [0.25, 0.3) is 5.56 Å². The zero-order chi connectivity index (χ0) is 19.8. The van der Waals surface area contributed by atoms with Gasteiger partial charge in [-0.2, -0.15) is 0 Å². The van der Waals surface area contributed by atoms with Crippen molar-refractivity contribution in [2.24, 2.45) is 12.8 Å². The number of aryl methyl sites for hydroxylation is 2. The number of hydrogen-bond acceptors (Lipinski definition) is 3. The summed E-state index contributed by atoms with van der Waals surface area (Å²) in [5, 5.41) is 0.666. The summed E-state index contributed by atoms with van der Waals surface area (Å²) in [6, 6.07) is 20.6. The highest BCUT2D eigenvalue weighted by Crippen LogP contribution is 2.28. The Bertz CT molecular complexity index is 1230. The molecule has 5 heteroatoms. The normalized spacial score (nSPS) is 12.3. The molecule has 2 N–H and O–H groups in total. The Morgan fingerprint density at radius 3 is 2.50 bits per heavy atom. The average Bonchev–Trinajstić information content (AvgIpc) is 2.70. The van der Waals surface area contributed by atoms with Crippen molar-refractivity contribution < 1.29 is 0 Å². The number of nitrogens with two attached hydrogens (primary N) is 1. The molecule has 140 valence electrons. The van der Waals surface area contributed by atoms with E-state index in [0.717, 1.165) is 39.0 Å². The van der Waals surface area contributed by atoms with E-state index in [4.69, 9.17) is 22.3 Å². The maximum atomic E-state index is 12.5. The van der Waals surface area contributed by atoms with E-state index in [9.17, 15) is 4.79 Å².